The maximum Gasteiger partial charge on any atom is 2.00 e. The van der Waals surface area contributed by atoms with Crippen molar-refractivity contribution in [3.8, 4) is 0 Å². The number of hydrogen-bond acceptors (Lipinski definition) is 11. The van der Waals surface area contributed by atoms with Crippen LogP contribution in [0, 0.1) is 0 Å². The van der Waals surface area contributed by atoms with E-state index in [1.807, 2.05) is 0 Å². The van der Waals surface area contributed by atoms with Crippen molar-refractivity contribution in [2.75, 3.05) is 28.2 Å². The molecule has 0 aliphatic rings. The number of pyridine rings is 1. The topological polar surface area (TPSA) is 323 Å². The molecule has 0 spiro atoms. The van der Waals surface area contributed by atoms with Crippen molar-refractivity contribution >= 4 is 48.4 Å². The maximum atomic E-state index is 11.8. The number of hydrazone groups is 2. The van der Waals surface area contributed by atoms with Gasteiger partial charge in [0, 0.05) is 64.3 Å². The average molecular weight is 686 g/mol. The fourth-order valence-corrected chi connectivity index (χ4v) is 1.37. The van der Waals surface area contributed by atoms with Crippen LogP contribution in [0.1, 0.15) is 11.4 Å². The van der Waals surface area contributed by atoms with E-state index >= 15 is 0 Å². The van der Waals surface area contributed by atoms with Crippen LogP contribution in [0.2, 0.25) is 0 Å². The Morgan fingerprint density at radius 2 is 1.05 bits per heavy atom. The smallest absolute Gasteiger partial charge is 0.856 e. The second-order valence-corrected chi connectivity index (χ2v) is 6.68. The number of carbonyl (C=O) groups excluding carboxylic acids is 4. The van der Waals surface area contributed by atoms with Crippen molar-refractivity contribution < 1.29 is 87.4 Å². The van der Waals surface area contributed by atoms with Crippen LogP contribution in [-0.2, 0) is 67.0 Å². The second-order valence-electron chi connectivity index (χ2n) is 6.68. The summed E-state index contributed by atoms with van der Waals surface area (Å²) in [7, 11) is 6.75. The Bertz CT molecular complexity index is 1020. The van der Waals surface area contributed by atoms with Crippen LogP contribution in [0.4, 0.5) is 0 Å². The van der Waals surface area contributed by atoms with E-state index in [-0.39, 0.29) is 49.6 Å². The largest absolute Gasteiger partial charge is 2.00 e. The number of carbonyl (C=O) groups is 6. The van der Waals surface area contributed by atoms with E-state index in [2.05, 4.69) is 15.2 Å². The Morgan fingerprint density at radius 1 is 0.756 bits per heavy atom. The van der Waals surface area contributed by atoms with Gasteiger partial charge in [0.1, 0.15) is 0 Å². The Balaban J connectivity index is -0.000000285. The number of aliphatic carboxylic acids is 2. The minimum atomic E-state index is -1.37. The number of hydrogen-bond donors (Lipinski definition) is 4. The summed E-state index contributed by atoms with van der Waals surface area (Å²) in [5.74, 6) is -6.78. The molecule has 0 unspecified atom stereocenters. The fraction of sp³-hybridized carbons (Fsp3) is 0.190. The third-order valence-electron chi connectivity index (χ3n) is 2.90. The van der Waals surface area contributed by atoms with Gasteiger partial charge in [0.2, 0.25) is 12.8 Å². The average Bonchev–Trinajstić information content (AvgIpc) is 2.88. The van der Waals surface area contributed by atoms with Gasteiger partial charge in [-0.25, -0.2) is 25.4 Å². The first kappa shape index (κ1) is 46.1. The summed E-state index contributed by atoms with van der Waals surface area (Å²) < 4.78 is 0. The summed E-state index contributed by atoms with van der Waals surface area (Å²) in [6.45, 7) is 0. The molecule has 222 valence electrons. The molecule has 1 rings (SSSR count). The molecule has 0 atom stereocenters. The monoisotopic (exact) mass is 687 g/mol. The first-order chi connectivity index (χ1) is 17.7. The van der Waals surface area contributed by atoms with Crippen LogP contribution < -0.4 is 21.1 Å². The molecule has 41 heavy (non-hydrogen) atoms. The van der Waals surface area contributed by atoms with Crippen molar-refractivity contribution in [3.63, 3.8) is 0 Å². The van der Waals surface area contributed by atoms with E-state index in [9.17, 15) is 39.0 Å². The Labute approximate surface area is 253 Å². The van der Waals surface area contributed by atoms with E-state index < -0.39 is 35.5 Å². The number of aromatic nitrogens is 1. The minimum absolute atomic E-state index is 0. The number of nitrogens with zero attached hydrogens (tertiary/aromatic N) is 5. The van der Waals surface area contributed by atoms with Gasteiger partial charge in [0.25, 0.3) is 11.8 Å². The van der Waals surface area contributed by atoms with Gasteiger partial charge in [0.05, 0.1) is 11.4 Å². The Morgan fingerprint density at radius 3 is 1.29 bits per heavy atom. The van der Waals surface area contributed by atoms with E-state index in [4.69, 9.17) is 10.2 Å². The SMILES string of the molecule is CN(C)C=O.CN(C)C=O.O=C(O)/C=C\C(=O)N/N=C(\[O-])c1cccc(/C([O-])=N/NC(=O)/C=C\C(=O)O)n1.[Cd+2].[OH3+].[OH3+]. The molecule has 1 aromatic heterocycles. The first-order valence-electron chi connectivity index (χ1n) is 9.86. The maximum absolute atomic E-state index is 11.8. The van der Waals surface area contributed by atoms with Gasteiger partial charge in [0.15, 0.2) is 0 Å². The zero-order chi connectivity index (χ0) is 29.7. The third-order valence-corrected chi connectivity index (χ3v) is 2.90. The summed E-state index contributed by atoms with van der Waals surface area (Å²) in [4.78, 5) is 68.4. The summed E-state index contributed by atoms with van der Waals surface area (Å²) >= 11 is 0. The normalized spacial score (nSPS) is 9.95. The standard InChI is InChI=1S/C15H13N5O8.2C3H7NO.Cd.2H2O/c21-10(4-6-12(23)24)17-19-14(27)8-2-1-3-9(16-8)15(28)20-18-11(22)5-7-13(25)26;2*1-4(2)3-5;;;/h1-7H,(H,17,21)(H,18,22)(H,19,27)(H,20,28)(H,23,24)(H,25,26);2*3H,1-2H3;;2*1H2/q;;;+2;;/b6-4-,7-5-;;;;;. The molecular weight excluding hydrogens is 655 g/mol. The van der Waals surface area contributed by atoms with Crippen LogP contribution in [0.15, 0.2) is 52.7 Å². The Kier molecular flexibility index (Phi) is 30.2. The van der Waals surface area contributed by atoms with E-state index in [1.54, 1.807) is 39.0 Å². The van der Waals surface area contributed by atoms with Gasteiger partial charge >= 0.3 is 39.2 Å². The van der Waals surface area contributed by atoms with Crippen molar-refractivity contribution in [1.82, 2.24) is 25.6 Å². The van der Waals surface area contributed by atoms with Gasteiger partial charge in [-0.05, 0) is 12.1 Å². The third kappa shape index (κ3) is 28.1. The summed E-state index contributed by atoms with van der Waals surface area (Å²) in [6, 6.07) is 3.61. The van der Waals surface area contributed by atoms with Gasteiger partial charge in [-0.2, -0.15) is 10.2 Å². The van der Waals surface area contributed by atoms with E-state index in [1.165, 1.54) is 28.0 Å². The molecule has 20 heteroatoms. The minimum Gasteiger partial charge on any atom is -0.856 e. The van der Waals surface area contributed by atoms with Crippen LogP contribution in [0.25, 0.3) is 0 Å². The molecule has 0 aliphatic carbocycles. The summed E-state index contributed by atoms with van der Waals surface area (Å²) in [6.07, 6.45) is 3.84. The predicted molar refractivity (Wildman–Crippen MR) is 136 cm³/mol. The van der Waals surface area contributed by atoms with Crippen molar-refractivity contribution in [1.29, 1.82) is 0 Å². The first-order valence-corrected chi connectivity index (χ1v) is 9.86. The number of carboxylic acid groups (broad SMARTS) is 2. The van der Waals surface area contributed by atoms with Crippen molar-refractivity contribution in [3.05, 3.63) is 53.9 Å². The molecule has 0 saturated carbocycles. The van der Waals surface area contributed by atoms with Crippen molar-refractivity contribution in [2.45, 2.75) is 0 Å². The van der Waals surface area contributed by atoms with E-state index in [0.717, 1.165) is 12.8 Å². The molecule has 0 fully saturated rings. The molecule has 1 aromatic rings. The zero-order valence-corrected chi connectivity index (χ0v) is 26.5. The second kappa shape index (κ2) is 26.8. The fourth-order valence-electron chi connectivity index (χ4n) is 1.37. The van der Waals surface area contributed by atoms with Gasteiger partial charge in [-0.15, -0.1) is 0 Å². The van der Waals surface area contributed by atoms with Crippen molar-refractivity contribution in [2.24, 2.45) is 10.2 Å². The molecular formula is C21H31CdN7O12+2. The van der Waals surface area contributed by atoms with Gasteiger partial charge in [-0.3, -0.25) is 19.2 Å². The molecule has 10 N–H and O–H groups in total. The van der Waals surface area contributed by atoms with Crippen LogP contribution in [0.3, 0.4) is 0 Å². The quantitative estimate of drug-likeness (QED) is 0.0342. The van der Waals surface area contributed by atoms with Gasteiger partial charge in [-0.1, -0.05) is 6.07 Å². The molecule has 19 nitrogen and oxygen atoms in total. The van der Waals surface area contributed by atoms with Gasteiger partial charge < -0.3 is 41.2 Å². The number of carboxylic acids is 2. The number of rotatable bonds is 10. The molecule has 0 aliphatic heterocycles. The van der Waals surface area contributed by atoms with Crippen LogP contribution in [-0.4, -0.2) is 102 Å². The number of nitrogens with one attached hydrogen (secondary N) is 2. The molecule has 0 radical (unpaired) electrons. The summed E-state index contributed by atoms with van der Waals surface area (Å²) in [5.41, 5.74) is 2.85. The van der Waals surface area contributed by atoms with E-state index in [0.29, 0.717) is 24.3 Å². The molecule has 0 saturated heterocycles. The zero-order valence-electron chi connectivity index (χ0n) is 22.5. The molecule has 1 heterocycles. The number of amides is 4. The molecule has 0 bridgehead atoms. The Hall–Kier alpha value is -4.77. The summed E-state index contributed by atoms with van der Waals surface area (Å²) in [5, 5.41) is 46.7. The predicted octanol–water partition coefficient (Wildman–Crippen LogP) is -5.80. The molecule has 0 aromatic carbocycles. The van der Waals surface area contributed by atoms with Crippen LogP contribution in [0.5, 0.6) is 0 Å². The van der Waals surface area contributed by atoms with Crippen LogP contribution >= 0.6 is 0 Å². The molecule has 4 amide bonds.